The Labute approximate surface area is 154 Å². The maximum Gasteiger partial charge on any atom is 0.433 e. The fraction of sp³-hybridized carbons (Fsp3) is 0.333. The van der Waals surface area contributed by atoms with Gasteiger partial charge >= 0.3 is 6.18 Å². The van der Waals surface area contributed by atoms with Gasteiger partial charge in [0.25, 0.3) is 0 Å². The standard InChI is InChI=1S/C18H16ClF3N4/c1-26-9-8-14(16(26)11-2-5-13(19)6-3-11)24-17-12(10-23)4-7-15(25-17)18(20,21)22/h2-7,14,16H,8-9H2,1H3,(H,24,25). The van der Waals surface area contributed by atoms with E-state index in [1.165, 1.54) is 0 Å². The van der Waals surface area contributed by atoms with E-state index in [9.17, 15) is 18.4 Å². The van der Waals surface area contributed by atoms with Gasteiger partial charge in [0.15, 0.2) is 0 Å². The zero-order valence-electron chi connectivity index (χ0n) is 13.9. The van der Waals surface area contributed by atoms with Crippen LogP contribution in [0.1, 0.15) is 29.3 Å². The highest BCUT2D eigenvalue weighted by atomic mass is 35.5. The van der Waals surface area contributed by atoms with E-state index in [4.69, 9.17) is 11.6 Å². The maximum absolute atomic E-state index is 13.0. The SMILES string of the molecule is CN1CCC(Nc2nc(C(F)(F)F)ccc2C#N)C1c1ccc(Cl)cc1. The molecule has 1 aliphatic rings. The van der Waals surface area contributed by atoms with Crippen molar-refractivity contribution in [2.75, 3.05) is 18.9 Å². The van der Waals surface area contributed by atoms with Crippen LogP contribution in [0.4, 0.5) is 19.0 Å². The summed E-state index contributed by atoms with van der Waals surface area (Å²) >= 11 is 5.94. The van der Waals surface area contributed by atoms with Gasteiger partial charge in [-0.2, -0.15) is 18.4 Å². The zero-order chi connectivity index (χ0) is 18.9. The van der Waals surface area contributed by atoms with Crippen LogP contribution in [0, 0.1) is 11.3 Å². The normalized spacial score (nSPS) is 20.8. The second kappa shape index (κ2) is 7.14. The molecule has 1 aliphatic heterocycles. The predicted octanol–water partition coefficient (Wildman–Crippen LogP) is 4.48. The minimum absolute atomic E-state index is 0.0402. The Balaban J connectivity index is 1.92. The highest BCUT2D eigenvalue weighted by molar-refractivity contribution is 6.30. The minimum Gasteiger partial charge on any atom is -0.364 e. The molecule has 26 heavy (non-hydrogen) atoms. The molecule has 4 nitrogen and oxygen atoms in total. The number of benzene rings is 1. The fourth-order valence-corrected chi connectivity index (χ4v) is 3.36. The topological polar surface area (TPSA) is 52.0 Å². The number of halogens is 4. The number of alkyl halides is 3. The number of hydrogen-bond acceptors (Lipinski definition) is 4. The molecule has 0 saturated carbocycles. The number of hydrogen-bond donors (Lipinski definition) is 1. The highest BCUT2D eigenvalue weighted by Crippen LogP contribution is 2.35. The van der Waals surface area contributed by atoms with Gasteiger partial charge in [-0.15, -0.1) is 0 Å². The van der Waals surface area contributed by atoms with Gasteiger partial charge in [0.2, 0.25) is 0 Å². The van der Waals surface area contributed by atoms with Gasteiger partial charge in [-0.1, -0.05) is 23.7 Å². The number of likely N-dealkylation sites (tertiary alicyclic amines) is 1. The highest BCUT2D eigenvalue weighted by Gasteiger charge is 2.36. The third kappa shape index (κ3) is 3.76. The summed E-state index contributed by atoms with van der Waals surface area (Å²) in [6.07, 6.45) is -3.85. The van der Waals surface area contributed by atoms with Crippen LogP contribution >= 0.6 is 11.6 Å². The summed E-state index contributed by atoms with van der Waals surface area (Å²) in [7, 11) is 1.95. The van der Waals surface area contributed by atoms with Crippen LogP contribution in [0.15, 0.2) is 36.4 Å². The predicted molar refractivity (Wildman–Crippen MR) is 92.8 cm³/mol. The zero-order valence-corrected chi connectivity index (χ0v) is 14.6. The molecule has 1 aromatic carbocycles. The molecule has 3 rings (SSSR count). The molecule has 1 saturated heterocycles. The van der Waals surface area contributed by atoms with E-state index in [0.29, 0.717) is 11.4 Å². The lowest BCUT2D eigenvalue weighted by Gasteiger charge is -2.27. The number of aromatic nitrogens is 1. The second-order valence-corrected chi connectivity index (χ2v) is 6.66. The van der Waals surface area contributed by atoms with E-state index < -0.39 is 11.9 Å². The lowest BCUT2D eigenvalue weighted by molar-refractivity contribution is -0.141. The van der Waals surface area contributed by atoms with Crippen molar-refractivity contribution in [2.45, 2.75) is 24.7 Å². The number of rotatable bonds is 3. The monoisotopic (exact) mass is 380 g/mol. The minimum atomic E-state index is -4.56. The Morgan fingerprint density at radius 1 is 1.23 bits per heavy atom. The van der Waals surface area contributed by atoms with Crippen molar-refractivity contribution in [1.29, 1.82) is 5.26 Å². The quantitative estimate of drug-likeness (QED) is 0.852. The summed E-state index contributed by atoms with van der Waals surface area (Å²) in [5, 5.41) is 12.9. The van der Waals surface area contributed by atoms with Crippen molar-refractivity contribution in [1.82, 2.24) is 9.88 Å². The molecule has 0 bridgehead atoms. The van der Waals surface area contributed by atoms with Gasteiger partial charge in [0.05, 0.1) is 11.6 Å². The molecule has 0 aliphatic carbocycles. The molecule has 1 aromatic heterocycles. The van der Waals surface area contributed by atoms with E-state index >= 15 is 0 Å². The Hall–Kier alpha value is -2.30. The molecular formula is C18H16ClF3N4. The second-order valence-electron chi connectivity index (χ2n) is 6.22. The first-order valence-electron chi connectivity index (χ1n) is 8.00. The average molecular weight is 381 g/mol. The lowest BCUT2D eigenvalue weighted by atomic mass is 10.00. The van der Waals surface area contributed by atoms with Crippen molar-refractivity contribution >= 4 is 17.4 Å². The van der Waals surface area contributed by atoms with Crippen molar-refractivity contribution in [3.63, 3.8) is 0 Å². The van der Waals surface area contributed by atoms with Crippen molar-refractivity contribution in [2.24, 2.45) is 0 Å². The lowest BCUT2D eigenvalue weighted by Crippen LogP contribution is -2.30. The van der Waals surface area contributed by atoms with E-state index in [0.717, 1.165) is 24.2 Å². The summed E-state index contributed by atoms with van der Waals surface area (Å²) < 4.78 is 38.9. The van der Waals surface area contributed by atoms with Gasteiger partial charge < -0.3 is 5.32 Å². The van der Waals surface area contributed by atoms with Crippen LogP contribution in [-0.2, 0) is 6.18 Å². The Morgan fingerprint density at radius 3 is 2.54 bits per heavy atom. The van der Waals surface area contributed by atoms with Crippen LogP contribution in [0.2, 0.25) is 5.02 Å². The number of likely N-dealkylation sites (N-methyl/N-ethyl adjacent to an activating group) is 1. The largest absolute Gasteiger partial charge is 0.433 e. The van der Waals surface area contributed by atoms with Gasteiger partial charge in [-0.3, -0.25) is 4.90 Å². The van der Waals surface area contributed by atoms with Gasteiger partial charge in [-0.25, -0.2) is 4.98 Å². The van der Waals surface area contributed by atoms with E-state index in [-0.39, 0.29) is 23.5 Å². The first-order valence-corrected chi connectivity index (χ1v) is 8.38. The maximum atomic E-state index is 13.0. The smallest absolute Gasteiger partial charge is 0.364 e. The molecule has 0 spiro atoms. The van der Waals surface area contributed by atoms with Crippen LogP contribution in [0.5, 0.6) is 0 Å². The molecule has 1 N–H and O–H groups in total. The van der Waals surface area contributed by atoms with Gasteiger partial charge in [0.1, 0.15) is 17.6 Å². The van der Waals surface area contributed by atoms with E-state index in [1.54, 1.807) is 12.1 Å². The van der Waals surface area contributed by atoms with Crippen LogP contribution < -0.4 is 5.32 Å². The number of anilines is 1. The van der Waals surface area contributed by atoms with Gasteiger partial charge in [0, 0.05) is 17.6 Å². The summed E-state index contributed by atoms with van der Waals surface area (Å²) in [5.41, 5.74) is 0.0631. The van der Waals surface area contributed by atoms with E-state index in [2.05, 4.69) is 15.2 Å². The molecule has 0 amide bonds. The fourth-order valence-electron chi connectivity index (χ4n) is 3.24. The van der Waals surface area contributed by atoms with E-state index in [1.807, 2.05) is 25.2 Å². The Bertz CT molecular complexity index is 830. The third-order valence-corrected chi connectivity index (χ3v) is 4.74. The summed E-state index contributed by atoms with van der Waals surface area (Å²) in [4.78, 5) is 5.76. The number of nitriles is 1. The Kier molecular flexibility index (Phi) is 5.08. The van der Waals surface area contributed by atoms with Crippen LogP contribution in [0.3, 0.4) is 0 Å². The van der Waals surface area contributed by atoms with Crippen molar-refractivity contribution in [3.05, 3.63) is 58.2 Å². The summed E-state index contributed by atoms with van der Waals surface area (Å²) in [5.74, 6) is -0.0402. The van der Waals surface area contributed by atoms with Crippen LogP contribution in [0.25, 0.3) is 0 Å². The summed E-state index contributed by atoms with van der Waals surface area (Å²) in [6.45, 7) is 0.770. The third-order valence-electron chi connectivity index (χ3n) is 4.49. The number of pyridine rings is 1. The molecular weight excluding hydrogens is 365 g/mol. The first kappa shape index (κ1) is 18.5. The van der Waals surface area contributed by atoms with Crippen LogP contribution in [-0.4, -0.2) is 29.5 Å². The molecule has 2 unspecified atom stereocenters. The molecule has 2 atom stereocenters. The molecule has 2 aromatic rings. The van der Waals surface area contributed by atoms with Crippen molar-refractivity contribution < 1.29 is 13.2 Å². The number of nitrogens with zero attached hydrogens (tertiary/aromatic N) is 3. The molecule has 0 radical (unpaired) electrons. The first-order chi connectivity index (χ1) is 12.3. The van der Waals surface area contributed by atoms with Crippen molar-refractivity contribution in [3.8, 4) is 6.07 Å². The molecule has 2 heterocycles. The average Bonchev–Trinajstić information content (AvgIpc) is 2.95. The molecule has 8 heteroatoms. The molecule has 136 valence electrons. The van der Waals surface area contributed by atoms with Gasteiger partial charge in [-0.05, 0) is 43.3 Å². The summed E-state index contributed by atoms with van der Waals surface area (Å²) in [6, 6.07) is 11.0. The molecule has 1 fully saturated rings. The Morgan fingerprint density at radius 2 is 1.92 bits per heavy atom. The number of nitrogens with one attached hydrogen (secondary N) is 1.